The van der Waals surface area contributed by atoms with Crippen LogP contribution in [-0.2, 0) is 16.0 Å². The largest absolute Gasteiger partial charge is 0.379 e. The number of morpholine rings is 2. The predicted molar refractivity (Wildman–Crippen MR) is 149 cm³/mol. The van der Waals surface area contributed by atoms with Gasteiger partial charge in [0.15, 0.2) is 0 Å². The molecule has 0 spiro atoms. The van der Waals surface area contributed by atoms with Crippen molar-refractivity contribution in [2.24, 2.45) is 0 Å². The van der Waals surface area contributed by atoms with E-state index in [9.17, 15) is 5.26 Å². The Kier molecular flexibility index (Phi) is 7.86. The molecule has 0 radical (unpaired) electrons. The number of H-pyrrole nitrogens is 1. The van der Waals surface area contributed by atoms with Crippen LogP contribution < -0.4 is 15.5 Å². The summed E-state index contributed by atoms with van der Waals surface area (Å²) in [4.78, 5) is 8.17. The fourth-order valence-corrected chi connectivity index (χ4v) is 5.06. The molecule has 2 saturated heterocycles. The SMILES string of the molecule is C=c1[nH]c(-c2ccc(N3CCOCC3)cc2)c/c1=C(/C=C\C)c1ccc(CN2CCOCC2)c(C#N)c1. The zero-order valence-corrected chi connectivity index (χ0v) is 21.5. The smallest absolute Gasteiger partial charge is 0.0995 e. The van der Waals surface area contributed by atoms with Crippen LogP contribution in [0.2, 0.25) is 0 Å². The highest BCUT2D eigenvalue weighted by molar-refractivity contribution is 5.76. The molecule has 37 heavy (non-hydrogen) atoms. The average molecular weight is 495 g/mol. The number of allylic oxidation sites excluding steroid dienone is 2. The molecule has 1 aromatic heterocycles. The van der Waals surface area contributed by atoms with E-state index in [1.54, 1.807) is 0 Å². The molecule has 1 N–H and O–H groups in total. The number of anilines is 1. The molecule has 0 bridgehead atoms. The Morgan fingerprint density at radius 3 is 2.38 bits per heavy atom. The fourth-order valence-electron chi connectivity index (χ4n) is 5.06. The Balaban J connectivity index is 1.47. The second-order valence-electron chi connectivity index (χ2n) is 9.51. The number of nitrogens with one attached hydrogen (secondary N) is 1. The van der Waals surface area contributed by atoms with Gasteiger partial charge in [0.2, 0.25) is 0 Å². The van der Waals surface area contributed by atoms with Crippen molar-refractivity contribution >= 4 is 17.8 Å². The molecule has 2 fully saturated rings. The number of aromatic amines is 1. The number of hydrogen-bond acceptors (Lipinski definition) is 5. The second kappa shape index (κ2) is 11.6. The highest BCUT2D eigenvalue weighted by atomic mass is 16.5. The van der Waals surface area contributed by atoms with Gasteiger partial charge in [0.1, 0.15) is 0 Å². The monoisotopic (exact) mass is 494 g/mol. The molecule has 2 aliphatic rings. The summed E-state index contributed by atoms with van der Waals surface area (Å²) in [6.45, 7) is 13.8. The van der Waals surface area contributed by atoms with Gasteiger partial charge in [0.05, 0.1) is 38.1 Å². The van der Waals surface area contributed by atoms with Crippen molar-refractivity contribution in [3.63, 3.8) is 0 Å². The maximum atomic E-state index is 9.93. The van der Waals surface area contributed by atoms with E-state index < -0.39 is 0 Å². The first-order valence-corrected chi connectivity index (χ1v) is 13.0. The lowest BCUT2D eigenvalue weighted by molar-refractivity contribution is 0.0341. The Labute approximate surface area is 218 Å². The highest BCUT2D eigenvalue weighted by Gasteiger charge is 2.15. The minimum absolute atomic E-state index is 0.714. The van der Waals surface area contributed by atoms with Crippen molar-refractivity contribution in [2.75, 3.05) is 57.5 Å². The first-order valence-electron chi connectivity index (χ1n) is 13.0. The van der Waals surface area contributed by atoms with Crippen LogP contribution in [0.4, 0.5) is 5.69 Å². The standard InChI is InChI=1S/C31H34N4O2/c1-3-4-29(25-5-6-26(27(19-25)21-32)22-34-11-15-36-16-12-34)30-20-31(33-23(30)2)24-7-9-28(10-8-24)35-13-17-37-18-14-35/h3-10,19-20,33H,2,11-18,22H2,1H3/b4-3-,30-29+. The third kappa shape index (κ3) is 5.70. The van der Waals surface area contributed by atoms with Gasteiger partial charge < -0.3 is 19.4 Å². The van der Waals surface area contributed by atoms with Crippen molar-refractivity contribution in [3.05, 3.63) is 87.9 Å². The first kappa shape index (κ1) is 25.0. The summed E-state index contributed by atoms with van der Waals surface area (Å²) >= 11 is 0. The molecule has 0 unspecified atom stereocenters. The minimum atomic E-state index is 0.714. The lowest BCUT2D eigenvalue weighted by atomic mass is 9.97. The van der Waals surface area contributed by atoms with Gasteiger partial charge in [-0.3, -0.25) is 4.90 Å². The van der Waals surface area contributed by atoms with E-state index in [4.69, 9.17) is 9.47 Å². The van der Waals surface area contributed by atoms with E-state index in [-0.39, 0.29) is 0 Å². The predicted octanol–water partition coefficient (Wildman–Crippen LogP) is 3.41. The van der Waals surface area contributed by atoms with E-state index in [1.165, 1.54) is 5.69 Å². The van der Waals surface area contributed by atoms with E-state index in [0.717, 1.165) is 97.7 Å². The molecule has 190 valence electrons. The summed E-state index contributed by atoms with van der Waals surface area (Å²) < 4.78 is 10.9. The molecule has 6 heteroatoms. The highest BCUT2D eigenvalue weighted by Crippen LogP contribution is 2.23. The fraction of sp³-hybridized carbons (Fsp3) is 0.323. The quantitative estimate of drug-likeness (QED) is 0.569. The maximum Gasteiger partial charge on any atom is 0.0995 e. The van der Waals surface area contributed by atoms with Gasteiger partial charge in [-0.1, -0.05) is 43.0 Å². The van der Waals surface area contributed by atoms with Gasteiger partial charge in [-0.2, -0.15) is 5.26 Å². The molecular formula is C31H34N4O2. The number of benzene rings is 2. The Morgan fingerprint density at radius 1 is 1.00 bits per heavy atom. The molecule has 0 atom stereocenters. The molecule has 6 nitrogen and oxygen atoms in total. The lowest BCUT2D eigenvalue weighted by Crippen LogP contribution is -2.36. The zero-order valence-electron chi connectivity index (χ0n) is 21.5. The first-order chi connectivity index (χ1) is 18.2. The number of nitriles is 1. The van der Waals surface area contributed by atoms with Gasteiger partial charge in [0.25, 0.3) is 0 Å². The topological polar surface area (TPSA) is 64.5 Å². The Bertz CT molecular complexity index is 1400. The summed E-state index contributed by atoms with van der Waals surface area (Å²) in [6, 6.07) is 19.5. The Hall–Kier alpha value is -3.63. The van der Waals surface area contributed by atoms with Gasteiger partial charge >= 0.3 is 0 Å². The molecule has 2 aromatic carbocycles. The Morgan fingerprint density at radius 2 is 1.70 bits per heavy atom. The number of aromatic nitrogens is 1. The van der Waals surface area contributed by atoms with E-state index in [1.807, 2.05) is 19.1 Å². The maximum absolute atomic E-state index is 9.93. The number of hydrogen-bond donors (Lipinski definition) is 1. The summed E-state index contributed by atoms with van der Waals surface area (Å²) in [5.74, 6) is 0. The molecule has 0 amide bonds. The summed E-state index contributed by atoms with van der Waals surface area (Å²) in [5, 5.41) is 11.8. The lowest BCUT2D eigenvalue weighted by Gasteiger charge is -2.28. The van der Waals surface area contributed by atoms with Gasteiger partial charge in [0, 0.05) is 54.7 Å². The van der Waals surface area contributed by atoms with Crippen LogP contribution in [0.25, 0.3) is 23.4 Å². The van der Waals surface area contributed by atoms with E-state index in [2.05, 4.69) is 76.0 Å². The number of nitrogens with zero attached hydrogens (tertiary/aromatic N) is 3. The second-order valence-corrected chi connectivity index (χ2v) is 9.51. The molecule has 3 heterocycles. The normalized spacial score (nSPS) is 17.7. The van der Waals surface area contributed by atoms with Crippen LogP contribution in [0.15, 0.2) is 60.7 Å². The van der Waals surface area contributed by atoms with E-state index in [0.29, 0.717) is 5.56 Å². The molecular weight excluding hydrogens is 460 g/mol. The number of ether oxygens (including phenoxy) is 2. The zero-order chi connectivity index (χ0) is 25.6. The van der Waals surface area contributed by atoms with Gasteiger partial charge in [-0.25, -0.2) is 0 Å². The van der Waals surface area contributed by atoms with Crippen LogP contribution in [0.1, 0.15) is 23.6 Å². The molecule has 2 aliphatic heterocycles. The summed E-state index contributed by atoms with van der Waals surface area (Å²) in [6.07, 6.45) is 4.13. The average Bonchev–Trinajstić information content (AvgIpc) is 3.34. The molecule has 0 saturated carbocycles. The van der Waals surface area contributed by atoms with Crippen molar-refractivity contribution in [1.29, 1.82) is 5.26 Å². The summed E-state index contributed by atoms with van der Waals surface area (Å²) in [7, 11) is 0. The van der Waals surface area contributed by atoms with Crippen LogP contribution in [-0.4, -0.2) is 62.5 Å². The molecule has 0 aliphatic carbocycles. The number of rotatable bonds is 6. The van der Waals surface area contributed by atoms with Crippen LogP contribution >= 0.6 is 0 Å². The van der Waals surface area contributed by atoms with Gasteiger partial charge in [-0.15, -0.1) is 0 Å². The molecule has 3 aromatic rings. The van der Waals surface area contributed by atoms with Gasteiger partial charge in [-0.05, 0) is 53.5 Å². The summed E-state index contributed by atoms with van der Waals surface area (Å²) in [5.41, 5.74) is 7.19. The van der Waals surface area contributed by atoms with E-state index >= 15 is 0 Å². The van der Waals surface area contributed by atoms with Crippen LogP contribution in [0.3, 0.4) is 0 Å². The molecule has 5 rings (SSSR count). The minimum Gasteiger partial charge on any atom is -0.379 e. The van der Waals surface area contributed by atoms with Crippen molar-refractivity contribution in [2.45, 2.75) is 13.5 Å². The van der Waals surface area contributed by atoms with Crippen LogP contribution in [0.5, 0.6) is 0 Å². The van der Waals surface area contributed by atoms with Crippen molar-refractivity contribution in [3.8, 4) is 17.3 Å². The third-order valence-electron chi connectivity index (χ3n) is 7.12. The van der Waals surface area contributed by atoms with Crippen LogP contribution in [0, 0.1) is 11.3 Å². The van der Waals surface area contributed by atoms with Crippen molar-refractivity contribution < 1.29 is 9.47 Å². The van der Waals surface area contributed by atoms with Crippen molar-refractivity contribution in [1.82, 2.24) is 9.88 Å². The third-order valence-corrected chi connectivity index (χ3v) is 7.12.